The first-order chi connectivity index (χ1) is 32.7. The molecule has 2 aromatic rings. The summed E-state index contributed by atoms with van der Waals surface area (Å²) in [6.45, 7) is 30.3. The Morgan fingerprint density at radius 2 is 0.814 bits per heavy atom. The SMILES string of the molecule is C#Cc1ccc(-c2ccc(CN(CCC[Si]34O[Si]5(CC(C)C)O[Si]6(CC(C)C)O[Si](CC(C)C)(O3)O[Si]3(CC(C)C)O[Si](CC(C)C)(O4)O[Si](CC(C)C)(O5)O[Si](CC(C)C)(O6)O3)C(=O)OC)o2)cc1. The van der Waals surface area contributed by atoms with Crippen molar-refractivity contribution in [3.8, 4) is 23.7 Å². The number of nitrogens with zero attached hydrogens (tertiary/aromatic N) is 1. The summed E-state index contributed by atoms with van der Waals surface area (Å²) in [4.78, 5) is 15.3. The van der Waals surface area contributed by atoms with Crippen LogP contribution in [-0.2, 0) is 60.7 Å². The topological polar surface area (TPSA) is 153 Å². The van der Waals surface area contributed by atoms with Gasteiger partial charge in [-0.25, -0.2) is 4.79 Å². The van der Waals surface area contributed by atoms with Gasteiger partial charge in [-0.2, -0.15) is 0 Å². The number of carbonyl (C=O) groups is 1. The summed E-state index contributed by atoms with van der Waals surface area (Å²) in [5.74, 6) is 4.23. The van der Waals surface area contributed by atoms with Crippen molar-refractivity contribution in [1.29, 1.82) is 0 Å². The molecule has 1 aromatic carbocycles. The Kier molecular flexibility index (Phi) is 17.4. The predicted molar refractivity (Wildman–Crippen MR) is 281 cm³/mol. The van der Waals surface area contributed by atoms with Gasteiger partial charge in [0.15, 0.2) is 0 Å². The summed E-state index contributed by atoms with van der Waals surface area (Å²) < 4.78 is 106. The molecule has 8 bridgehead atoms. The minimum absolute atomic E-state index is 0.0278. The van der Waals surface area contributed by atoms with Crippen LogP contribution in [0.1, 0.15) is 115 Å². The molecule has 6 saturated heterocycles. The van der Waals surface area contributed by atoms with Gasteiger partial charge in [0.1, 0.15) is 11.5 Å². The molecule has 0 unspecified atom stereocenters. The van der Waals surface area contributed by atoms with Gasteiger partial charge in [-0.15, -0.1) is 6.42 Å². The van der Waals surface area contributed by atoms with Gasteiger partial charge >= 0.3 is 76.5 Å². The third-order valence-electron chi connectivity index (χ3n) is 12.0. The Hall–Kier alpha value is -1.41. The Balaban J connectivity index is 1.42. The third-order valence-corrected chi connectivity index (χ3v) is 52.1. The fourth-order valence-electron chi connectivity index (χ4n) is 10.3. The van der Waals surface area contributed by atoms with Crippen LogP contribution in [0.25, 0.3) is 11.3 Å². The molecule has 0 spiro atoms. The van der Waals surface area contributed by atoms with Gasteiger partial charge in [0.25, 0.3) is 0 Å². The molecule has 0 radical (unpaired) electrons. The van der Waals surface area contributed by atoms with Crippen molar-refractivity contribution >= 4 is 76.5 Å². The molecule has 392 valence electrons. The van der Waals surface area contributed by atoms with Crippen molar-refractivity contribution in [2.24, 2.45) is 41.4 Å². The van der Waals surface area contributed by atoms with Crippen molar-refractivity contribution in [2.75, 3.05) is 13.7 Å². The van der Waals surface area contributed by atoms with Crippen LogP contribution in [-0.4, -0.2) is 95.1 Å². The highest BCUT2D eigenvalue weighted by Crippen LogP contribution is 2.56. The zero-order valence-electron chi connectivity index (χ0n) is 44.4. The van der Waals surface area contributed by atoms with Gasteiger partial charge in [-0.1, -0.05) is 115 Å². The highest BCUT2D eigenvalue weighted by atomic mass is 28.6. The zero-order valence-corrected chi connectivity index (χ0v) is 52.4. The largest absolute Gasteiger partial charge is 0.479 e. The Labute approximate surface area is 427 Å². The molecule has 6 aliphatic heterocycles. The van der Waals surface area contributed by atoms with Gasteiger partial charge in [-0.3, -0.25) is 0 Å². The second kappa shape index (κ2) is 21.7. The standard InChI is InChI=1S/C46H81NO15Si8/c1-17-42-19-21-43(22-20-42)45-24-23-44(50-45)27-47(46(48)49-16)25-18-26-63-51-64(28-35(2)3)54-67(31-38(8)9)56-65(52-63,29-36(4)5)58-69(33-40(12)13)59-66(53-63,30-37(6)7)57-68(55-64,32-39(10)11)61-70(60-67,62-69)34-41(14)15/h1,19-24,35-41H,18,25-34H2,2-16H3. The van der Waals surface area contributed by atoms with Gasteiger partial charge in [-0.05, 0) is 72.1 Å². The van der Waals surface area contributed by atoms with Crippen molar-refractivity contribution in [2.45, 2.75) is 158 Å². The predicted octanol–water partition coefficient (Wildman–Crippen LogP) is 11.3. The first kappa shape index (κ1) is 56.3. The fraction of sp³-hybridized carbons (Fsp3) is 0.717. The second-order valence-electron chi connectivity index (χ2n) is 22.9. The quantitative estimate of drug-likeness (QED) is 0.0860. The van der Waals surface area contributed by atoms with E-state index in [0.29, 0.717) is 60.2 Å². The number of benzene rings is 1. The van der Waals surface area contributed by atoms with Crippen LogP contribution in [0.5, 0.6) is 0 Å². The maximum absolute atomic E-state index is 13.7. The van der Waals surface area contributed by atoms with Crippen LogP contribution < -0.4 is 0 Å². The van der Waals surface area contributed by atoms with E-state index in [1.807, 2.05) is 36.4 Å². The van der Waals surface area contributed by atoms with Crippen LogP contribution in [0.4, 0.5) is 4.79 Å². The third kappa shape index (κ3) is 13.1. The van der Waals surface area contributed by atoms with Gasteiger partial charge < -0.3 is 63.4 Å². The molecule has 16 nitrogen and oxygen atoms in total. The van der Waals surface area contributed by atoms with Crippen LogP contribution in [0.2, 0.25) is 48.4 Å². The number of ether oxygens (including phenoxy) is 1. The highest BCUT2D eigenvalue weighted by Gasteiger charge is 2.83. The van der Waals surface area contributed by atoms with Crippen molar-refractivity contribution in [3.63, 3.8) is 0 Å². The van der Waals surface area contributed by atoms with E-state index in [4.69, 9.17) is 65.0 Å². The molecule has 8 rings (SSSR count). The van der Waals surface area contributed by atoms with E-state index >= 15 is 0 Å². The monoisotopic (exact) mass is 1110 g/mol. The molecule has 1 amide bonds. The minimum atomic E-state index is -4.26. The molecule has 0 aliphatic carbocycles. The molecule has 0 saturated carbocycles. The van der Waals surface area contributed by atoms with Crippen LogP contribution in [0.3, 0.4) is 0 Å². The summed E-state index contributed by atoms with van der Waals surface area (Å²) in [6, 6.07) is 14.4. The normalized spacial score (nSPS) is 33.8. The van der Waals surface area contributed by atoms with E-state index in [-0.39, 0.29) is 60.6 Å². The maximum Gasteiger partial charge on any atom is 0.479 e. The number of hydrogen-bond acceptors (Lipinski definition) is 15. The number of hydrogen-bond donors (Lipinski definition) is 0. The number of terminal acetylenes is 1. The van der Waals surface area contributed by atoms with Crippen molar-refractivity contribution in [3.05, 3.63) is 47.7 Å². The molecular weight excluding hydrogens is 1030 g/mol. The number of furan rings is 1. The summed E-state index contributed by atoms with van der Waals surface area (Å²) >= 11 is 0. The molecule has 0 atom stereocenters. The Morgan fingerprint density at radius 1 is 0.500 bits per heavy atom. The van der Waals surface area contributed by atoms with E-state index in [0.717, 1.165) is 11.1 Å². The van der Waals surface area contributed by atoms with E-state index < -0.39 is 76.5 Å². The second-order valence-corrected chi connectivity index (χ2v) is 46.9. The summed E-state index contributed by atoms with van der Waals surface area (Å²) in [5, 5.41) is 0. The number of amides is 1. The van der Waals surface area contributed by atoms with E-state index in [1.165, 1.54) is 7.11 Å². The van der Waals surface area contributed by atoms with Gasteiger partial charge in [0.2, 0.25) is 0 Å². The van der Waals surface area contributed by atoms with Crippen molar-refractivity contribution in [1.82, 2.24) is 4.90 Å². The molecule has 0 N–H and O–H groups in total. The van der Waals surface area contributed by atoms with Crippen LogP contribution >= 0.6 is 0 Å². The minimum Gasteiger partial charge on any atom is -0.459 e. The Morgan fingerprint density at radius 3 is 1.10 bits per heavy atom. The summed E-state index contributed by atoms with van der Waals surface area (Å²) in [7, 11) is -31.3. The molecule has 7 heterocycles. The first-order valence-corrected chi connectivity index (χ1v) is 41.1. The summed E-state index contributed by atoms with van der Waals surface area (Å²) in [6.07, 6.45) is 5.45. The zero-order chi connectivity index (χ0) is 51.1. The molecule has 6 fully saturated rings. The van der Waals surface area contributed by atoms with E-state index in [1.54, 1.807) is 4.90 Å². The average molecular weight is 1110 g/mol. The van der Waals surface area contributed by atoms with E-state index in [2.05, 4.69) is 103 Å². The fourth-order valence-corrected chi connectivity index (χ4v) is 61.8. The lowest BCUT2D eigenvalue weighted by Crippen LogP contribution is -2.88. The Bertz CT molecular complexity index is 2000. The molecule has 1 aromatic heterocycles. The lowest BCUT2D eigenvalue weighted by molar-refractivity contribution is -0.0343. The van der Waals surface area contributed by atoms with Crippen molar-refractivity contribution < 1.29 is 63.3 Å². The first-order valence-electron chi connectivity index (χ1n) is 25.6. The molecule has 24 heteroatoms. The maximum atomic E-state index is 13.7. The molecule has 6 aliphatic rings. The number of rotatable bonds is 21. The van der Waals surface area contributed by atoms with Crippen LogP contribution in [0.15, 0.2) is 40.8 Å². The molecule has 70 heavy (non-hydrogen) atoms. The summed E-state index contributed by atoms with van der Waals surface area (Å²) in [5.41, 5.74) is 1.64. The van der Waals surface area contributed by atoms with E-state index in [9.17, 15) is 4.79 Å². The highest BCUT2D eigenvalue weighted by molar-refractivity contribution is 7.03. The average Bonchev–Trinajstić information content (AvgIpc) is 3.63. The lowest BCUT2D eigenvalue weighted by Gasteiger charge is -2.64. The van der Waals surface area contributed by atoms with Gasteiger partial charge in [0, 0.05) is 66.0 Å². The number of carbonyl (C=O) groups excluding carboxylic acids is 1. The number of methoxy groups -OCH3 is 1. The van der Waals surface area contributed by atoms with Gasteiger partial charge in [0.05, 0.1) is 13.7 Å². The lowest BCUT2D eigenvalue weighted by atomic mass is 10.1. The smallest absolute Gasteiger partial charge is 0.459 e. The van der Waals surface area contributed by atoms with Crippen LogP contribution in [0, 0.1) is 53.8 Å². The molecular formula is C46H81NO15Si8.